The van der Waals surface area contributed by atoms with Crippen LogP contribution in [0.4, 0.5) is 0 Å². The van der Waals surface area contributed by atoms with Crippen LogP contribution in [0.5, 0.6) is 0 Å². The summed E-state index contributed by atoms with van der Waals surface area (Å²) in [7, 11) is 1.34. The van der Waals surface area contributed by atoms with E-state index in [9.17, 15) is 4.79 Å². The van der Waals surface area contributed by atoms with E-state index < -0.39 is 0 Å². The first-order valence-electron chi connectivity index (χ1n) is 11.6. The molecule has 28 heavy (non-hydrogen) atoms. The Bertz CT molecular complexity index is 309. The van der Waals surface area contributed by atoms with Crippen molar-refractivity contribution in [3.05, 3.63) is 0 Å². The molecular weight excluding hydrogens is 356 g/mol. The molecule has 0 aromatic heterocycles. The normalized spacial score (nSPS) is 11.1. The largest absolute Gasteiger partial charge is 0.467 e. The van der Waals surface area contributed by atoms with Gasteiger partial charge < -0.3 is 18.9 Å². The van der Waals surface area contributed by atoms with E-state index in [1.54, 1.807) is 0 Å². The number of rotatable bonds is 23. The van der Waals surface area contributed by atoms with Crippen LogP contribution in [0, 0.1) is 0 Å². The van der Waals surface area contributed by atoms with E-state index in [1.807, 2.05) is 0 Å². The van der Waals surface area contributed by atoms with Gasteiger partial charge in [0.25, 0.3) is 0 Å². The van der Waals surface area contributed by atoms with Crippen LogP contribution in [0.2, 0.25) is 0 Å². The van der Waals surface area contributed by atoms with Gasteiger partial charge in [0.15, 0.2) is 0 Å². The zero-order valence-corrected chi connectivity index (χ0v) is 18.7. The number of unbranched alkanes of at least 4 members (excludes halogenated alkanes) is 13. The Kier molecular flexibility index (Phi) is 23.8. The van der Waals surface area contributed by atoms with E-state index in [1.165, 1.54) is 90.6 Å². The highest BCUT2D eigenvalue weighted by Gasteiger charge is 1.99. The quantitative estimate of drug-likeness (QED) is 0.162. The van der Waals surface area contributed by atoms with Gasteiger partial charge in [-0.15, -0.1) is 0 Å². The molecule has 0 atom stereocenters. The van der Waals surface area contributed by atoms with Crippen LogP contribution in [0.3, 0.4) is 0 Å². The second kappa shape index (κ2) is 24.4. The topological polar surface area (TPSA) is 54.0 Å². The molecule has 0 aromatic rings. The summed E-state index contributed by atoms with van der Waals surface area (Å²) < 4.78 is 20.5. The fraction of sp³-hybridized carbons (Fsp3) is 0.957. The number of esters is 1. The smallest absolute Gasteiger partial charge is 0.331 e. The van der Waals surface area contributed by atoms with Crippen molar-refractivity contribution in [3.63, 3.8) is 0 Å². The minimum absolute atomic E-state index is 0.0184. The number of carbonyl (C=O) groups excluding carboxylic acids is 1. The third-order valence-corrected chi connectivity index (χ3v) is 4.83. The highest BCUT2D eigenvalue weighted by molar-refractivity contribution is 5.70. The van der Waals surface area contributed by atoms with Gasteiger partial charge in [-0.1, -0.05) is 90.4 Å². The molecule has 0 aromatic carbocycles. The Morgan fingerprint density at radius 2 is 0.929 bits per heavy atom. The third kappa shape index (κ3) is 23.4. The predicted molar refractivity (Wildman–Crippen MR) is 115 cm³/mol. The van der Waals surface area contributed by atoms with E-state index in [4.69, 9.17) is 14.2 Å². The van der Waals surface area contributed by atoms with Crippen molar-refractivity contribution in [3.8, 4) is 0 Å². The van der Waals surface area contributed by atoms with Crippen LogP contribution in [-0.4, -0.2) is 52.7 Å². The summed E-state index contributed by atoms with van der Waals surface area (Å²) >= 11 is 0. The van der Waals surface area contributed by atoms with Gasteiger partial charge in [-0.25, -0.2) is 4.79 Å². The molecule has 0 bridgehead atoms. The third-order valence-electron chi connectivity index (χ3n) is 4.83. The first-order valence-corrected chi connectivity index (χ1v) is 11.6. The maximum absolute atomic E-state index is 10.8. The molecule has 0 rings (SSSR count). The predicted octanol–water partition coefficient (Wildman–Crippen LogP) is 5.69. The van der Waals surface area contributed by atoms with Crippen molar-refractivity contribution >= 4 is 5.97 Å². The maximum Gasteiger partial charge on any atom is 0.331 e. The first-order chi connectivity index (χ1) is 13.8. The van der Waals surface area contributed by atoms with Gasteiger partial charge in [0.1, 0.15) is 6.61 Å². The highest BCUT2D eigenvalue weighted by Crippen LogP contribution is 2.12. The van der Waals surface area contributed by atoms with Crippen LogP contribution in [-0.2, 0) is 23.7 Å². The van der Waals surface area contributed by atoms with Gasteiger partial charge in [0.05, 0.1) is 33.5 Å². The zero-order valence-electron chi connectivity index (χ0n) is 18.7. The van der Waals surface area contributed by atoms with E-state index in [2.05, 4.69) is 11.7 Å². The standard InChI is InChI=1S/C23H46O5/c1-3-4-5-6-7-8-9-10-11-12-13-14-15-16-17-26-18-19-27-20-21-28-22-23(24)25-2/h3-22H2,1-2H3. The monoisotopic (exact) mass is 402 g/mol. The van der Waals surface area contributed by atoms with Gasteiger partial charge in [-0.2, -0.15) is 0 Å². The molecule has 0 radical (unpaired) electrons. The van der Waals surface area contributed by atoms with Crippen molar-refractivity contribution in [2.45, 2.75) is 96.8 Å². The summed E-state index contributed by atoms with van der Waals surface area (Å²) in [5.74, 6) is -0.364. The summed E-state index contributed by atoms with van der Waals surface area (Å²) in [5.41, 5.74) is 0. The molecule has 5 heteroatoms. The van der Waals surface area contributed by atoms with Crippen molar-refractivity contribution in [1.29, 1.82) is 0 Å². The van der Waals surface area contributed by atoms with Crippen LogP contribution in [0.15, 0.2) is 0 Å². The molecule has 0 aliphatic heterocycles. The van der Waals surface area contributed by atoms with Gasteiger partial charge in [0, 0.05) is 6.61 Å². The molecular formula is C23H46O5. The number of carbonyl (C=O) groups is 1. The van der Waals surface area contributed by atoms with E-state index >= 15 is 0 Å². The van der Waals surface area contributed by atoms with Gasteiger partial charge in [-0.05, 0) is 6.42 Å². The summed E-state index contributed by atoms with van der Waals surface area (Å²) in [6, 6.07) is 0. The van der Waals surface area contributed by atoms with Crippen LogP contribution in [0.1, 0.15) is 96.8 Å². The molecule has 0 heterocycles. The lowest BCUT2D eigenvalue weighted by atomic mass is 10.0. The number of methoxy groups -OCH3 is 1. The molecule has 168 valence electrons. The van der Waals surface area contributed by atoms with Gasteiger partial charge in [0.2, 0.25) is 0 Å². The van der Waals surface area contributed by atoms with E-state index in [0.717, 1.165) is 13.0 Å². The SMILES string of the molecule is CCCCCCCCCCCCCCCCOCCOCCOCC(=O)OC. The number of ether oxygens (including phenoxy) is 4. The fourth-order valence-electron chi connectivity index (χ4n) is 3.05. The Labute approximate surface area is 173 Å². The second-order valence-electron chi connectivity index (χ2n) is 7.45. The number of hydrogen-bond acceptors (Lipinski definition) is 5. The molecule has 0 fully saturated rings. The highest BCUT2D eigenvalue weighted by atomic mass is 16.6. The first kappa shape index (κ1) is 27.4. The average molecular weight is 403 g/mol. The lowest BCUT2D eigenvalue weighted by Crippen LogP contribution is -2.14. The van der Waals surface area contributed by atoms with Crippen LogP contribution < -0.4 is 0 Å². The van der Waals surface area contributed by atoms with Gasteiger partial charge in [-0.3, -0.25) is 0 Å². The Morgan fingerprint density at radius 1 is 0.536 bits per heavy atom. The molecule has 0 unspecified atom stereocenters. The van der Waals surface area contributed by atoms with Crippen molar-refractivity contribution in [1.82, 2.24) is 0 Å². The summed E-state index contributed by atoms with van der Waals surface area (Å²) in [5, 5.41) is 0. The molecule has 0 saturated heterocycles. The van der Waals surface area contributed by atoms with Crippen molar-refractivity contribution in [2.24, 2.45) is 0 Å². The zero-order chi connectivity index (χ0) is 20.5. The Hall–Kier alpha value is -0.650. The molecule has 0 aliphatic carbocycles. The maximum atomic E-state index is 10.8. The molecule has 0 amide bonds. The van der Waals surface area contributed by atoms with E-state index in [0.29, 0.717) is 26.4 Å². The molecule has 0 spiro atoms. The number of hydrogen-bond donors (Lipinski definition) is 0. The van der Waals surface area contributed by atoms with Crippen molar-refractivity contribution < 1.29 is 23.7 Å². The molecule has 0 aliphatic rings. The molecule has 5 nitrogen and oxygen atoms in total. The second-order valence-corrected chi connectivity index (χ2v) is 7.45. The van der Waals surface area contributed by atoms with Crippen LogP contribution in [0.25, 0.3) is 0 Å². The average Bonchev–Trinajstić information content (AvgIpc) is 2.71. The minimum Gasteiger partial charge on any atom is -0.467 e. The summed E-state index contributed by atoms with van der Waals surface area (Å²) in [6.07, 6.45) is 19.2. The Balaban J connectivity index is 3.00. The van der Waals surface area contributed by atoms with Crippen LogP contribution >= 0.6 is 0 Å². The lowest BCUT2D eigenvalue weighted by molar-refractivity contribution is -0.146. The lowest BCUT2D eigenvalue weighted by Gasteiger charge is -2.06. The summed E-state index contributed by atoms with van der Waals surface area (Å²) in [6.45, 7) is 5.14. The Morgan fingerprint density at radius 3 is 1.39 bits per heavy atom. The molecule has 0 saturated carbocycles. The van der Waals surface area contributed by atoms with Crippen molar-refractivity contribution in [2.75, 3.05) is 46.8 Å². The summed E-state index contributed by atoms with van der Waals surface area (Å²) in [4.78, 5) is 10.8. The van der Waals surface area contributed by atoms with Gasteiger partial charge >= 0.3 is 5.97 Å². The minimum atomic E-state index is -0.364. The fourth-order valence-corrected chi connectivity index (χ4v) is 3.05. The molecule has 0 N–H and O–H groups in total. The van der Waals surface area contributed by atoms with E-state index in [-0.39, 0.29) is 12.6 Å².